The highest BCUT2D eigenvalue weighted by Gasteiger charge is 2.33. The number of halogens is 1. The number of aromatic nitrogens is 1. The normalized spacial score (nSPS) is 23.6. The van der Waals surface area contributed by atoms with Crippen molar-refractivity contribution in [3.8, 4) is 0 Å². The number of amides is 1. The molecule has 2 heterocycles. The third-order valence-corrected chi connectivity index (χ3v) is 3.25. The molecule has 0 spiro atoms. The minimum absolute atomic E-state index is 0.0116. The summed E-state index contributed by atoms with van der Waals surface area (Å²) in [4.78, 5) is 16.1. The van der Waals surface area contributed by atoms with Gasteiger partial charge in [0, 0.05) is 12.8 Å². The van der Waals surface area contributed by atoms with Crippen molar-refractivity contribution in [3.05, 3.63) is 23.4 Å². The van der Waals surface area contributed by atoms with Crippen molar-refractivity contribution >= 4 is 23.3 Å². The number of ether oxygens (including phenoxy) is 1. The van der Waals surface area contributed by atoms with E-state index in [1.54, 1.807) is 18.3 Å². The molecule has 0 bridgehead atoms. The number of rotatable bonds is 3. The molecule has 1 saturated heterocycles. The van der Waals surface area contributed by atoms with E-state index in [1.165, 1.54) is 0 Å². The van der Waals surface area contributed by atoms with Crippen LogP contribution in [0.5, 0.6) is 0 Å². The van der Waals surface area contributed by atoms with Gasteiger partial charge in [0.25, 0.3) is 0 Å². The molecular weight excluding hydrogens is 240 g/mol. The second kappa shape index (κ2) is 5.47. The minimum atomic E-state index is -0.0990. The van der Waals surface area contributed by atoms with Crippen LogP contribution in [0.25, 0.3) is 0 Å². The fraction of sp³-hybridized carbons (Fsp3) is 0.500. The molecule has 17 heavy (non-hydrogen) atoms. The van der Waals surface area contributed by atoms with Crippen LogP contribution in [-0.2, 0) is 9.53 Å². The number of pyridine rings is 1. The van der Waals surface area contributed by atoms with Crippen LogP contribution in [0.4, 0.5) is 5.82 Å². The van der Waals surface area contributed by atoms with Crippen LogP contribution in [0.3, 0.4) is 0 Å². The number of anilines is 1. The van der Waals surface area contributed by atoms with Gasteiger partial charge in [0.1, 0.15) is 0 Å². The maximum absolute atomic E-state index is 12.0. The molecule has 4 nitrogen and oxygen atoms in total. The third kappa shape index (κ3) is 2.76. The Balaban J connectivity index is 2.04. The number of carbonyl (C=O) groups excluding carboxylic acids is 1. The van der Waals surface area contributed by atoms with E-state index in [0.29, 0.717) is 17.4 Å². The van der Waals surface area contributed by atoms with Crippen molar-refractivity contribution in [1.29, 1.82) is 0 Å². The van der Waals surface area contributed by atoms with Gasteiger partial charge in [0.15, 0.2) is 5.82 Å². The van der Waals surface area contributed by atoms with Gasteiger partial charge in [-0.25, -0.2) is 4.98 Å². The van der Waals surface area contributed by atoms with E-state index in [4.69, 9.17) is 16.3 Å². The molecular formula is C12H15ClN2O2. The lowest BCUT2D eigenvalue weighted by molar-refractivity contribution is -0.121. The maximum Gasteiger partial charge on any atom is 0.231 e. The molecule has 1 aliphatic rings. The lowest BCUT2D eigenvalue weighted by Gasteiger charge is -2.16. The molecule has 1 aromatic rings. The molecule has 1 aliphatic heterocycles. The molecule has 0 saturated carbocycles. The molecule has 92 valence electrons. The molecule has 2 atom stereocenters. The lowest BCUT2D eigenvalue weighted by Crippen LogP contribution is -2.29. The van der Waals surface area contributed by atoms with E-state index in [1.807, 2.05) is 6.92 Å². The Morgan fingerprint density at radius 3 is 3.24 bits per heavy atom. The van der Waals surface area contributed by atoms with Gasteiger partial charge in [0.05, 0.1) is 17.0 Å². The highest BCUT2D eigenvalue weighted by atomic mass is 35.5. The van der Waals surface area contributed by atoms with Crippen LogP contribution in [0.1, 0.15) is 19.8 Å². The lowest BCUT2D eigenvalue weighted by atomic mass is 9.99. The van der Waals surface area contributed by atoms with E-state index in [2.05, 4.69) is 10.3 Å². The minimum Gasteiger partial charge on any atom is -0.377 e. The Morgan fingerprint density at radius 2 is 2.53 bits per heavy atom. The van der Waals surface area contributed by atoms with Crippen molar-refractivity contribution in [2.75, 3.05) is 11.9 Å². The molecule has 1 N–H and O–H groups in total. The second-order valence-electron chi connectivity index (χ2n) is 4.04. The van der Waals surface area contributed by atoms with Gasteiger partial charge >= 0.3 is 0 Å². The van der Waals surface area contributed by atoms with E-state index in [0.717, 1.165) is 12.8 Å². The summed E-state index contributed by atoms with van der Waals surface area (Å²) >= 11 is 5.94. The predicted octanol–water partition coefficient (Wildman–Crippen LogP) is 2.49. The van der Waals surface area contributed by atoms with Gasteiger partial charge in [-0.3, -0.25) is 4.79 Å². The van der Waals surface area contributed by atoms with Crippen LogP contribution in [-0.4, -0.2) is 23.6 Å². The van der Waals surface area contributed by atoms with Gasteiger partial charge < -0.3 is 10.1 Å². The van der Waals surface area contributed by atoms with Crippen LogP contribution < -0.4 is 5.32 Å². The first kappa shape index (κ1) is 12.3. The van der Waals surface area contributed by atoms with Crippen molar-refractivity contribution < 1.29 is 9.53 Å². The first-order valence-electron chi connectivity index (χ1n) is 5.75. The first-order chi connectivity index (χ1) is 8.22. The zero-order valence-electron chi connectivity index (χ0n) is 9.65. The van der Waals surface area contributed by atoms with Crippen LogP contribution in [0.15, 0.2) is 18.3 Å². The van der Waals surface area contributed by atoms with Gasteiger partial charge in [-0.2, -0.15) is 0 Å². The summed E-state index contributed by atoms with van der Waals surface area (Å²) in [6.45, 7) is 2.66. The van der Waals surface area contributed by atoms with Crippen molar-refractivity contribution in [1.82, 2.24) is 4.98 Å². The fourth-order valence-corrected chi connectivity index (χ4v) is 2.21. The highest BCUT2D eigenvalue weighted by molar-refractivity contribution is 6.33. The predicted molar refractivity (Wildman–Crippen MR) is 66.0 cm³/mol. The van der Waals surface area contributed by atoms with Crippen molar-refractivity contribution in [2.45, 2.75) is 25.9 Å². The van der Waals surface area contributed by atoms with E-state index >= 15 is 0 Å². The largest absolute Gasteiger partial charge is 0.377 e. The standard InChI is InChI=1S/C12H15ClN2O2/c1-2-10-8(5-7-17-10)12(16)15-11-9(13)4-3-6-14-11/h3-4,6,8,10H,2,5,7H2,1H3,(H,14,15,16). The van der Waals surface area contributed by atoms with E-state index < -0.39 is 0 Å². The molecule has 5 heteroatoms. The Kier molecular flexibility index (Phi) is 3.97. The Labute approximate surface area is 105 Å². The number of carbonyl (C=O) groups is 1. The number of nitrogens with zero attached hydrogens (tertiary/aromatic N) is 1. The quantitative estimate of drug-likeness (QED) is 0.902. The third-order valence-electron chi connectivity index (χ3n) is 2.95. The zero-order chi connectivity index (χ0) is 12.3. The van der Waals surface area contributed by atoms with Crippen molar-refractivity contribution in [2.24, 2.45) is 5.92 Å². The van der Waals surface area contributed by atoms with Crippen LogP contribution in [0, 0.1) is 5.92 Å². The second-order valence-corrected chi connectivity index (χ2v) is 4.44. The van der Waals surface area contributed by atoms with E-state index in [-0.39, 0.29) is 17.9 Å². The van der Waals surface area contributed by atoms with E-state index in [9.17, 15) is 4.79 Å². The molecule has 0 aromatic carbocycles. The van der Waals surface area contributed by atoms with Gasteiger partial charge in [0.2, 0.25) is 5.91 Å². The molecule has 1 amide bonds. The van der Waals surface area contributed by atoms with Gasteiger partial charge in [-0.15, -0.1) is 0 Å². The highest BCUT2D eigenvalue weighted by Crippen LogP contribution is 2.26. The average molecular weight is 255 g/mol. The smallest absolute Gasteiger partial charge is 0.231 e. The monoisotopic (exact) mass is 254 g/mol. The maximum atomic E-state index is 12.0. The van der Waals surface area contributed by atoms with Crippen LogP contribution in [0.2, 0.25) is 5.02 Å². The van der Waals surface area contributed by atoms with Gasteiger partial charge in [-0.05, 0) is 25.0 Å². The average Bonchev–Trinajstić information content (AvgIpc) is 2.80. The Bertz CT molecular complexity index is 411. The topological polar surface area (TPSA) is 51.2 Å². The molecule has 1 aromatic heterocycles. The number of hydrogen-bond acceptors (Lipinski definition) is 3. The summed E-state index contributed by atoms with van der Waals surface area (Å²) in [7, 11) is 0. The van der Waals surface area contributed by atoms with Crippen molar-refractivity contribution in [3.63, 3.8) is 0 Å². The molecule has 2 rings (SSSR count). The summed E-state index contributed by atoms with van der Waals surface area (Å²) in [5.74, 6) is 0.258. The molecule has 2 unspecified atom stereocenters. The Hall–Kier alpha value is -1.13. The molecule has 0 aliphatic carbocycles. The van der Waals surface area contributed by atoms with Gasteiger partial charge in [-0.1, -0.05) is 18.5 Å². The van der Waals surface area contributed by atoms with Crippen LogP contribution >= 0.6 is 11.6 Å². The number of hydrogen-bond donors (Lipinski definition) is 1. The summed E-state index contributed by atoms with van der Waals surface area (Å²) < 4.78 is 5.49. The Morgan fingerprint density at radius 1 is 1.71 bits per heavy atom. The summed E-state index contributed by atoms with van der Waals surface area (Å²) in [5.41, 5.74) is 0. The fourth-order valence-electron chi connectivity index (χ4n) is 2.04. The SMILES string of the molecule is CCC1OCCC1C(=O)Nc1ncccc1Cl. The summed E-state index contributed by atoms with van der Waals surface area (Å²) in [6, 6.07) is 3.43. The zero-order valence-corrected chi connectivity index (χ0v) is 10.4. The molecule has 0 radical (unpaired) electrons. The summed E-state index contributed by atoms with van der Waals surface area (Å²) in [5, 5.41) is 3.21. The number of nitrogens with one attached hydrogen (secondary N) is 1. The molecule has 1 fully saturated rings. The summed E-state index contributed by atoms with van der Waals surface area (Å²) in [6.07, 6.45) is 3.21. The first-order valence-corrected chi connectivity index (χ1v) is 6.13.